The predicted octanol–water partition coefficient (Wildman–Crippen LogP) is 19.6. The molecule has 6 heteroatoms. The van der Waals surface area contributed by atoms with Crippen LogP contribution in [0.15, 0.2) is 242 Å². The summed E-state index contributed by atoms with van der Waals surface area (Å²) in [5.74, 6) is -2.20. The smallest absolute Gasteiger partial charge is 0.155 e. The molecule has 0 aliphatic rings. The minimum atomic E-state index is -2.04. The molecule has 0 atom stereocenters. The van der Waals surface area contributed by atoms with Crippen LogP contribution in [0.2, 0.25) is 39.3 Å². The summed E-state index contributed by atoms with van der Waals surface area (Å²) in [5.41, 5.74) is -2.47. The van der Waals surface area contributed by atoms with Crippen molar-refractivity contribution in [3.8, 4) is 44.5 Å². The Morgan fingerprint density at radius 3 is 0.974 bits per heavy atom. The molecule has 12 aromatic carbocycles. The van der Waals surface area contributed by atoms with Crippen LogP contribution in [0.4, 0.5) is 42.9 Å². The highest BCUT2D eigenvalue weighted by atomic mass is 28.3. The third kappa shape index (κ3) is 8.87. The lowest BCUT2D eigenvalue weighted by Crippen LogP contribution is -2.37. The SMILES string of the molecule is [2H]c1c([2H])c([2H])c(-c2cc(-c3c([2H])c([2H])c([2H])c([2H])c3[2H])c(F)c(N(c3ccc([Si](C)(C)C)cc3)c3ccc4ccc5c(N(c6ccc([Si](C)(C)C)cc6)c6cc(-c7c([2H])c([2H])c([2H])c([2H])c7[2H])cc(-c7c([2H])c([2H])c([2H])c([2H])c7[2H])c6F)ccc6ccc3c4c65)c2)c([2H])c1[2H]. The van der Waals surface area contributed by atoms with Crippen molar-refractivity contribution in [1.82, 2.24) is 0 Å². The van der Waals surface area contributed by atoms with E-state index in [2.05, 4.69) is 39.3 Å². The van der Waals surface area contributed by atoms with Gasteiger partial charge in [-0.05, 0) is 116 Å². The monoisotopic (exact) mass is 1040 g/mol. The quantitative estimate of drug-likeness (QED) is 0.0889. The van der Waals surface area contributed by atoms with Crippen LogP contribution < -0.4 is 20.2 Å². The van der Waals surface area contributed by atoms with Gasteiger partial charge in [0.25, 0.3) is 0 Å². The van der Waals surface area contributed by atoms with Gasteiger partial charge < -0.3 is 9.80 Å². The molecule has 0 unspecified atom stereocenters. The van der Waals surface area contributed by atoms with Crippen molar-refractivity contribution in [2.45, 2.75) is 39.3 Å². The summed E-state index contributed by atoms with van der Waals surface area (Å²) in [7, 11) is -4.07. The molecule has 0 N–H and O–H groups in total. The third-order valence-corrected chi connectivity index (χ3v) is 17.9. The molecule has 0 heterocycles. The number of halogens is 2. The van der Waals surface area contributed by atoms with E-state index in [0.717, 1.165) is 22.5 Å². The zero-order valence-electron chi connectivity index (χ0n) is 62.2. The van der Waals surface area contributed by atoms with E-state index >= 15 is 8.78 Å². The second-order valence-corrected chi connectivity index (χ2v) is 30.7. The second-order valence-electron chi connectivity index (χ2n) is 20.6. The third-order valence-electron chi connectivity index (χ3n) is 13.8. The molecule has 2 nitrogen and oxygen atoms in total. The molecule has 0 fully saturated rings. The molecule has 0 radical (unpaired) electrons. The van der Waals surface area contributed by atoms with Gasteiger partial charge in [-0.3, -0.25) is 0 Å². The first-order valence-corrected chi connectivity index (χ1v) is 31.6. The van der Waals surface area contributed by atoms with Crippen molar-refractivity contribution >= 4 is 93.0 Å². The van der Waals surface area contributed by atoms with E-state index in [0.29, 0.717) is 55.1 Å². The van der Waals surface area contributed by atoms with E-state index in [4.69, 9.17) is 27.4 Å². The predicted molar refractivity (Wildman–Crippen MR) is 327 cm³/mol. The van der Waals surface area contributed by atoms with Gasteiger partial charge in [-0.25, -0.2) is 8.78 Å². The van der Waals surface area contributed by atoms with E-state index in [1.807, 2.05) is 60.7 Å². The Balaban J connectivity index is 1.20. The lowest BCUT2D eigenvalue weighted by atomic mass is 9.91. The van der Waals surface area contributed by atoms with Gasteiger partial charge in [-0.15, -0.1) is 0 Å². The van der Waals surface area contributed by atoms with Gasteiger partial charge in [0.15, 0.2) is 11.6 Å². The van der Waals surface area contributed by atoms with Crippen LogP contribution in [-0.4, -0.2) is 16.1 Å². The molecule has 76 heavy (non-hydrogen) atoms. The molecule has 12 aromatic rings. The zero-order valence-corrected chi connectivity index (χ0v) is 44.2. The largest absolute Gasteiger partial charge is 0.307 e. The Morgan fingerprint density at radius 1 is 0.329 bits per heavy atom. The maximum Gasteiger partial charge on any atom is 0.155 e. The summed E-state index contributed by atoms with van der Waals surface area (Å²) in [5, 5.41) is 5.52. The van der Waals surface area contributed by atoms with Gasteiger partial charge >= 0.3 is 0 Å². The molecule has 0 bridgehead atoms. The van der Waals surface area contributed by atoms with E-state index in [1.165, 1.54) is 12.1 Å². The standard InChI is InChI=1S/C70H58F2N2Si2/c1-75(2,3)57-35-31-55(32-36-57)73(65-45-53(47-19-11-7-12-20-47)43-61(69(65)71)49-23-15-9-16-24-49)63-41-29-51-28-40-60-64(42-30-52-27-39-59(63)67(51)68(52)60)74(56-33-37-58(38-34-56)76(4,5)6)66-46-54(48-21-13-8-14-22-48)44-62(70(66)72)50-25-17-10-18-26-50/h7-46H,1-6H3/i7D,8D,9D,10D,11D,12D,13D,14D,15D,16D,17D,18D,19D,20D,21D,22D,23D,24D,25D,26D. The van der Waals surface area contributed by atoms with Crippen molar-refractivity contribution in [3.05, 3.63) is 254 Å². The fourth-order valence-electron chi connectivity index (χ4n) is 9.95. The van der Waals surface area contributed by atoms with Crippen molar-refractivity contribution in [1.29, 1.82) is 0 Å². The number of rotatable bonds is 12. The first kappa shape index (κ1) is 30.8. The summed E-state index contributed by atoms with van der Waals surface area (Å²) in [4.78, 5) is 3.14. The summed E-state index contributed by atoms with van der Waals surface area (Å²) in [6.45, 7) is 12.9. The van der Waals surface area contributed by atoms with Crippen LogP contribution in [-0.2, 0) is 0 Å². The highest BCUT2D eigenvalue weighted by Crippen LogP contribution is 2.50. The van der Waals surface area contributed by atoms with Crippen LogP contribution in [0.5, 0.6) is 0 Å². The van der Waals surface area contributed by atoms with Crippen LogP contribution >= 0.6 is 0 Å². The topological polar surface area (TPSA) is 6.48 Å². The molecule has 12 rings (SSSR count). The molecular weight excluding hydrogens is 963 g/mol. The minimum absolute atomic E-state index is 0.146. The van der Waals surface area contributed by atoms with Crippen molar-refractivity contribution in [2.75, 3.05) is 9.80 Å². The Labute approximate surface area is 475 Å². The first-order chi connectivity index (χ1) is 45.1. The molecule has 0 aliphatic heterocycles. The molecule has 0 amide bonds. The lowest BCUT2D eigenvalue weighted by molar-refractivity contribution is 0.632. The number of hydrogen-bond acceptors (Lipinski definition) is 2. The summed E-state index contributed by atoms with van der Waals surface area (Å²) >= 11 is 0. The molecular formula is C70H58F2N2Si2. The molecule has 0 aromatic heterocycles. The Hall–Kier alpha value is -8.43. The molecule has 0 spiro atoms. The van der Waals surface area contributed by atoms with Crippen molar-refractivity contribution in [2.24, 2.45) is 0 Å². The highest BCUT2D eigenvalue weighted by Gasteiger charge is 2.28. The molecule has 0 saturated carbocycles. The number of anilines is 6. The highest BCUT2D eigenvalue weighted by molar-refractivity contribution is 6.89. The van der Waals surface area contributed by atoms with Gasteiger partial charge in [0, 0.05) is 33.3 Å². The Kier molecular flexibility index (Phi) is 7.85. The van der Waals surface area contributed by atoms with Crippen LogP contribution in [0.25, 0.3) is 76.8 Å². The average Bonchev–Trinajstić information content (AvgIpc) is 0.729. The maximum atomic E-state index is 18.9. The van der Waals surface area contributed by atoms with E-state index in [9.17, 15) is 0 Å². The summed E-state index contributed by atoms with van der Waals surface area (Å²) < 4.78 is 214. The van der Waals surface area contributed by atoms with Gasteiger partial charge in [0.05, 0.1) is 66.3 Å². The van der Waals surface area contributed by atoms with Gasteiger partial charge in [0.2, 0.25) is 0 Å². The number of hydrogen-bond donors (Lipinski definition) is 0. The van der Waals surface area contributed by atoms with Crippen molar-refractivity contribution < 1.29 is 36.2 Å². The molecule has 370 valence electrons. The normalized spacial score (nSPS) is 15.6. The molecule has 0 aliphatic carbocycles. The number of benzene rings is 12. The fraction of sp³-hybridized carbons (Fsp3) is 0.0857. The van der Waals surface area contributed by atoms with Crippen molar-refractivity contribution in [3.63, 3.8) is 0 Å². The first-order valence-electron chi connectivity index (χ1n) is 34.6. The number of nitrogens with zero attached hydrogens (tertiary/aromatic N) is 2. The second kappa shape index (κ2) is 19.4. The fourth-order valence-corrected chi connectivity index (χ4v) is 12.3. The van der Waals surface area contributed by atoms with E-state index in [-0.39, 0.29) is 33.6 Å². The van der Waals surface area contributed by atoms with Crippen LogP contribution in [0.1, 0.15) is 27.4 Å². The minimum Gasteiger partial charge on any atom is -0.307 e. The Morgan fingerprint density at radius 2 is 0.645 bits per heavy atom. The van der Waals surface area contributed by atoms with E-state index < -0.39 is 171 Å². The Bertz CT molecular complexity index is 4870. The van der Waals surface area contributed by atoms with Gasteiger partial charge in [-0.2, -0.15) is 0 Å². The average molecular weight is 1040 g/mol. The summed E-state index contributed by atoms with van der Waals surface area (Å²) in [6.07, 6.45) is 0. The van der Waals surface area contributed by atoms with Crippen LogP contribution in [0, 0.1) is 11.6 Å². The lowest BCUT2D eigenvalue weighted by Gasteiger charge is -2.31. The van der Waals surface area contributed by atoms with E-state index in [1.54, 1.807) is 46.2 Å². The summed E-state index contributed by atoms with van der Waals surface area (Å²) in [6, 6.07) is 19.7. The maximum absolute atomic E-state index is 18.9. The van der Waals surface area contributed by atoms with Crippen LogP contribution in [0.3, 0.4) is 0 Å². The zero-order chi connectivity index (χ0) is 69.7. The van der Waals surface area contributed by atoms with Gasteiger partial charge in [-0.1, -0.05) is 231 Å². The molecule has 0 saturated heterocycles. The van der Waals surface area contributed by atoms with Gasteiger partial charge in [0.1, 0.15) is 0 Å².